The van der Waals surface area contributed by atoms with E-state index < -0.39 is 11.2 Å². The molecule has 7 nitrogen and oxygen atoms in total. The van der Waals surface area contributed by atoms with Crippen LogP contribution in [0.4, 0.5) is 0 Å². The second kappa shape index (κ2) is 6.75. The lowest BCUT2D eigenvalue weighted by Crippen LogP contribution is -2.52. The van der Waals surface area contributed by atoms with E-state index in [1.165, 1.54) is 11.0 Å². The van der Waals surface area contributed by atoms with Gasteiger partial charge in [0.15, 0.2) is 0 Å². The van der Waals surface area contributed by atoms with Crippen LogP contribution in [0.15, 0.2) is 9.59 Å². The van der Waals surface area contributed by atoms with Crippen LogP contribution in [0.3, 0.4) is 0 Å². The summed E-state index contributed by atoms with van der Waals surface area (Å²) in [5, 5.41) is 9.36. The van der Waals surface area contributed by atoms with E-state index in [-0.39, 0.29) is 24.1 Å². The Hall–Kier alpha value is -2.36. The molecule has 1 aromatic rings. The number of hydrogen-bond donors (Lipinski definition) is 0. The summed E-state index contributed by atoms with van der Waals surface area (Å²) in [6.07, 6.45) is 7.98. The second-order valence-corrected chi connectivity index (χ2v) is 7.70. The van der Waals surface area contributed by atoms with Gasteiger partial charge in [-0.1, -0.05) is 12.8 Å². The van der Waals surface area contributed by atoms with Gasteiger partial charge in [-0.25, -0.2) is 9.36 Å². The molecule has 2 fully saturated rings. The molecule has 26 heavy (non-hydrogen) atoms. The highest BCUT2D eigenvalue weighted by Gasteiger charge is 2.36. The van der Waals surface area contributed by atoms with E-state index in [1.54, 1.807) is 0 Å². The number of nitrogens with zero attached hydrogens (tertiary/aromatic N) is 4. The van der Waals surface area contributed by atoms with Crippen molar-refractivity contribution in [2.24, 2.45) is 5.92 Å². The number of nitriles is 1. The van der Waals surface area contributed by atoms with E-state index >= 15 is 0 Å². The van der Waals surface area contributed by atoms with Crippen LogP contribution in [0.1, 0.15) is 56.2 Å². The maximum absolute atomic E-state index is 13.0. The molecule has 1 aromatic heterocycles. The normalized spacial score (nSPS) is 24.7. The van der Waals surface area contributed by atoms with Crippen molar-refractivity contribution in [1.82, 2.24) is 14.0 Å². The summed E-state index contributed by atoms with van der Waals surface area (Å²) in [6, 6.07) is 2.19. The van der Waals surface area contributed by atoms with Gasteiger partial charge in [0.1, 0.15) is 18.2 Å². The van der Waals surface area contributed by atoms with E-state index in [0.717, 1.165) is 43.1 Å². The standard InChI is InChI=1S/C19H24N4O3/c20-11-14-16-8-4-10-22(16)19(26)23(18(14)25)12-17(24)21-9-3-6-13-5-1-2-7-15(13)21/h13,15H,1-10,12H2/t13-,15+/m1/s1. The van der Waals surface area contributed by atoms with Gasteiger partial charge in [-0.05, 0) is 44.4 Å². The minimum Gasteiger partial charge on any atom is -0.338 e. The summed E-state index contributed by atoms with van der Waals surface area (Å²) >= 11 is 0. The Labute approximate surface area is 151 Å². The molecule has 3 aliphatic rings. The highest BCUT2D eigenvalue weighted by Crippen LogP contribution is 2.35. The van der Waals surface area contributed by atoms with Crippen molar-refractivity contribution in [1.29, 1.82) is 5.26 Å². The SMILES string of the molecule is N#Cc1c2n(c(=O)n(CC(=O)N3CCC[C@H]4CCCC[C@@H]43)c1=O)CCC2. The minimum absolute atomic E-state index is 0.0177. The molecule has 1 saturated carbocycles. The zero-order valence-corrected chi connectivity index (χ0v) is 14.9. The van der Waals surface area contributed by atoms with Crippen LogP contribution in [0.5, 0.6) is 0 Å². The minimum atomic E-state index is -0.615. The molecule has 1 amide bonds. The highest BCUT2D eigenvalue weighted by atomic mass is 16.2. The van der Waals surface area contributed by atoms with E-state index in [1.807, 2.05) is 11.0 Å². The number of carbonyl (C=O) groups is 1. The van der Waals surface area contributed by atoms with Crippen molar-refractivity contribution in [3.63, 3.8) is 0 Å². The fourth-order valence-electron chi connectivity index (χ4n) is 5.05. The molecule has 0 aromatic carbocycles. The fraction of sp³-hybridized carbons (Fsp3) is 0.684. The largest absolute Gasteiger partial charge is 0.338 e. The van der Waals surface area contributed by atoms with Crippen LogP contribution in [0, 0.1) is 17.2 Å². The van der Waals surface area contributed by atoms with Crippen LogP contribution in [0.25, 0.3) is 0 Å². The van der Waals surface area contributed by atoms with Gasteiger partial charge in [0.05, 0.1) is 0 Å². The molecule has 1 saturated heterocycles. The number of aromatic nitrogens is 2. The molecule has 0 N–H and O–H groups in total. The zero-order chi connectivity index (χ0) is 18.3. The number of carbonyl (C=O) groups excluding carboxylic acids is 1. The molecule has 0 unspecified atom stereocenters. The number of piperidine rings is 1. The molecule has 2 aliphatic heterocycles. The maximum atomic E-state index is 13.0. The summed E-state index contributed by atoms with van der Waals surface area (Å²) in [5.41, 5.74) is -0.524. The Morgan fingerprint density at radius 1 is 1.08 bits per heavy atom. The van der Waals surface area contributed by atoms with Crippen LogP contribution in [-0.4, -0.2) is 32.5 Å². The van der Waals surface area contributed by atoms with Crippen LogP contribution in [0.2, 0.25) is 0 Å². The van der Waals surface area contributed by atoms with Crippen molar-refractivity contribution in [2.45, 2.75) is 70.5 Å². The number of rotatable bonds is 2. The summed E-state index contributed by atoms with van der Waals surface area (Å²) in [7, 11) is 0. The first-order valence-corrected chi connectivity index (χ1v) is 9.68. The molecule has 1 aliphatic carbocycles. The smallest absolute Gasteiger partial charge is 0.331 e. The third-order valence-electron chi connectivity index (χ3n) is 6.30. The van der Waals surface area contributed by atoms with Crippen molar-refractivity contribution in [3.8, 4) is 6.07 Å². The van der Waals surface area contributed by atoms with Crippen molar-refractivity contribution >= 4 is 5.91 Å². The number of amides is 1. The van der Waals surface area contributed by atoms with Crippen molar-refractivity contribution < 1.29 is 4.79 Å². The van der Waals surface area contributed by atoms with Crippen molar-refractivity contribution in [3.05, 3.63) is 32.1 Å². The van der Waals surface area contributed by atoms with Gasteiger partial charge in [0.25, 0.3) is 5.56 Å². The van der Waals surface area contributed by atoms with E-state index in [0.29, 0.717) is 31.1 Å². The van der Waals surface area contributed by atoms with E-state index in [9.17, 15) is 19.6 Å². The summed E-state index contributed by atoms with van der Waals surface area (Å²) in [6.45, 7) is 0.952. The monoisotopic (exact) mass is 356 g/mol. The first-order chi connectivity index (χ1) is 12.6. The predicted molar refractivity (Wildman–Crippen MR) is 94.7 cm³/mol. The van der Waals surface area contributed by atoms with E-state index in [2.05, 4.69) is 0 Å². The highest BCUT2D eigenvalue weighted by molar-refractivity contribution is 5.76. The molecular weight excluding hydrogens is 332 g/mol. The molecule has 0 spiro atoms. The molecule has 3 heterocycles. The van der Waals surface area contributed by atoms with Gasteiger partial charge in [-0.2, -0.15) is 5.26 Å². The number of fused-ring (bicyclic) bond motifs is 2. The Bertz CT molecular complexity index is 890. The molecular formula is C19H24N4O3. The second-order valence-electron chi connectivity index (χ2n) is 7.70. The Balaban J connectivity index is 1.65. The number of hydrogen-bond acceptors (Lipinski definition) is 4. The van der Waals surface area contributed by atoms with Gasteiger partial charge in [-0.15, -0.1) is 0 Å². The van der Waals surface area contributed by atoms with Gasteiger partial charge >= 0.3 is 5.69 Å². The maximum Gasteiger partial charge on any atom is 0.331 e. The molecule has 2 atom stereocenters. The fourth-order valence-corrected chi connectivity index (χ4v) is 5.05. The van der Waals surface area contributed by atoms with Gasteiger partial charge in [-0.3, -0.25) is 14.2 Å². The van der Waals surface area contributed by atoms with Crippen LogP contribution < -0.4 is 11.2 Å². The van der Waals surface area contributed by atoms with Crippen LogP contribution in [-0.2, 0) is 24.3 Å². The Morgan fingerprint density at radius 2 is 1.85 bits per heavy atom. The van der Waals surface area contributed by atoms with Gasteiger partial charge in [0, 0.05) is 24.8 Å². The summed E-state index contributed by atoms with van der Waals surface area (Å²) in [5.74, 6) is 0.386. The third kappa shape index (κ3) is 2.68. The lowest BCUT2D eigenvalue weighted by atomic mass is 9.78. The van der Waals surface area contributed by atoms with Crippen LogP contribution >= 0.6 is 0 Å². The molecule has 0 bridgehead atoms. The molecule has 7 heteroatoms. The number of likely N-dealkylation sites (tertiary alicyclic amines) is 1. The first-order valence-electron chi connectivity index (χ1n) is 9.68. The first kappa shape index (κ1) is 17.1. The van der Waals surface area contributed by atoms with Gasteiger partial charge < -0.3 is 4.90 Å². The molecule has 4 rings (SSSR count). The van der Waals surface area contributed by atoms with Gasteiger partial charge in [0.2, 0.25) is 5.91 Å². The Morgan fingerprint density at radius 3 is 2.65 bits per heavy atom. The summed E-state index contributed by atoms with van der Waals surface area (Å²) < 4.78 is 2.47. The molecule has 0 radical (unpaired) electrons. The molecule has 138 valence electrons. The lowest BCUT2D eigenvalue weighted by Gasteiger charge is -2.44. The third-order valence-corrected chi connectivity index (χ3v) is 6.30. The van der Waals surface area contributed by atoms with E-state index in [4.69, 9.17) is 0 Å². The lowest BCUT2D eigenvalue weighted by molar-refractivity contribution is -0.138. The quantitative estimate of drug-likeness (QED) is 0.791. The zero-order valence-electron chi connectivity index (χ0n) is 14.9. The Kier molecular flexibility index (Phi) is 4.43. The van der Waals surface area contributed by atoms with Crippen molar-refractivity contribution in [2.75, 3.05) is 6.54 Å². The topological polar surface area (TPSA) is 88.1 Å². The average Bonchev–Trinajstić information content (AvgIpc) is 3.14. The summed E-state index contributed by atoms with van der Waals surface area (Å²) in [4.78, 5) is 40.2. The predicted octanol–water partition coefficient (Wildman–Crippen LogP) is 1.01. The average molecular weight is 356 g/mol.